The summed E-state index contributed by atoms with van der Waals surface area (Å²) in [4.78, 5) is 26.0. The van der Waals surface area contributed by atoms with Crippen LogP contribution in [0.1, 0.15) is 51.0 Å². The molecule has 156 valence electrons. The Balaban J connectivity index is 1.48. The molecule has 2 amide bonds. The number of carbonyl (C=O) groups is 2. The van der Waals surface area contributed by atoms with E-state index in [9.17, 15) is 9.59 Å². The second-order valence-electron chi connectivity index (χ2n) is 7.82. The van der Waals surface area contributed by atoms with Crippen molar-refractivity contribution >= 4 is 23.6 Å². The maximum absolute atomic E-state index is 12.7. The molecule has 4 rings (SSSR count). The monoisotopic (exact) mass is 417 g/mol. The molecule has 0 bridgehead atoms. The van der Waals surface area contributed by atoms with Crippen molar-refractivity contribution in [3.8, 4) is 11.6 Å². The molecule has 1 unspecified atom stereocenters. The predicted octanol–water partition coefficient (Wildman–Crippen LogP) is 2.86. The number of hydrogen-bond donors (Lipinski definition) is 1. The highest BCUT2D eigenvalue weighted by molar-refractivity contribution is 7.99. The molecule has 29 heavy (non-hydrogen) atoms. The second-order valence-corrected chi connectivity index (χ2v) is 8.76. The zero-order valence-electron chi connectivity index (χ0n) is 16.5. The molecule has 3 heterocycles. The van der Waals surface area contributed by atoms with Gasteiger partial charge in [0.2, 0.25) is 17.6 Å². The van der Waals surface area contributed by atoms with Gasteiger partial charge >= 0.3 is 0 Å². The summed E-state index contributed by atoms with van der Waals surface area (Å²) in [5.41, 5.74) is 5.43. The van der Waals surface area contributed by atoms with Crippen LogP contribution in [-0.4, -0.2) is 50.3 Å². The van der Waals surface area contributed by atoms with E-state index < -0.39 is 0 Å². The molecular weight excluding hydrogens is 390 g/mol. The number of rotatable bonds is 6. The van der Waals surface area contributed by atoms with E-state index in [-0.39, 0.29) is 23.5 Å². The zero-order valence-corrected chi connectivity index (χ0v) is 17.3. The molecule has 2 N–H and O–H groups in total. The lowest BCUT2D eigenvalue weighted by Crippen LogP contribution is -2.44. The quantitative estimate of drug-likeness (QED) is 0.724. The van der Waals surface area contributed by atoms with E-state index in [0.717, 1.165) is 36.7 Å². The largest absolute Gasteiger partial charge is 0.461 e. The van der Waals surface area contributed by atoms with Gasteiger partial charge in [0.05, 0.1) is 17.9 Å². The highest BCUT2D eigenvalue weighted by atomic mass is 32.2. The minimum Gasteiger partial charge on any atom is -0.461 e. The summed E-state index contributed by atoms with van der Waals surface area (Å²) in [6.45, 7) is 1.10. The number of nitrogens with two attached hydrogens (primary N) is 1. The minimum atomic E-state index is -0.324. The van der Waals surface area contributed by atoms with Gasteiger partial charge in [-0.25, -0.2) is 0 Å². The third-order valence-corrected chi connectivity index (χ3v) is 6.77. The Morgan fingerprint density at radius 3 is 2.72 bits per heavy atom. The number of nitrogens with zero attached hydrogens (tertiary/aromatic N) is 4. The first-order valence-corrected chi connectivity index (χ1v) is 11.3. The molecule has 0 spiro atoms. The van der Waals surface area contributed by atoms with Gasteiger partial charge in [0.25, 0.3) is 0 Å². The van der Waals surface area contributed by atoms with Crippen molar-refractivity contribution in [3.05, 3.63) is 18.4 Å². The van der Waals surface area contributed by atoms with E-state index >= 15 is 0 Å². The fraction of sp³-hybridized carbons (Fsp3) is 0.600. The molecule has 2 aromatic rings. The van der Waals surface area contributed by atoms with Crippen LogP contribution < -0.4 is 5.73 Å². The highest BCUT2D eigenvalue weighted by Gasteiger charge is 2.29. The van der Waals surface area contributed by atoms with Crippen LogP contribution in [-0.2, 0) is 9.59 Å². The lowest BCUT2D eigenvalue weighted by Gasteiger charge is -2.31. The van der Waals surface area contributed by atoms with Crippen molar-refractivity contribution in [1.82, 2.24) is 19.7 Å². The number of furan rings is 1. The van der Waals surface area contributed by atoms with Gasteiger partial charge in [-0.1, -0.05) is 31.0 Å². The third kappa shape index (κ3) is 4.49. The molecule has 2 fully saturated rings. The molecule has 8 nitrogen and oxygen atoms in total. The minimum absolute atomic E-state index is 0.0127. The average Bonchev–Trinajstić information content (AvgIpc) is 3.42. The Bertz CT molecular complexity index is 844. The third-order valence-electron chi connectivity index (χ3n) is 5.85. The molecule has 9 heteroatoms. The first kappa shape index (κ1) is 20.0. The zero-order chi connectivity index (χ0) is 20.2. The van der Waals surface area contributed by atoms with Crippen LogP contribution in [0.3, 0.4) is 0 Å². The van der Waals surface area contributed by atoms with Crippen molar-refractivity contribution in [2.75, 3.05) is 18.8 Å². The normalized spacial score (nSPS) is 20.7. The maximum Gasteiger partial charge on any atom is 0.233 e. The van der Waals surface area contributed by atoms with Crippen molar-refractivity contribution in [1.29, 1.82) is 0 Å². The molecule has 1 aliphatic carbocycles. The first-order valence-electron chi connectivity index (χ1n) is 10.3. The lowest BCUT2D eigenvalue weighted by molar-refractivity contribution is -0.132. The van der Waals surface area contributed by atoms with Crippen LogP contribution in [0.5, 0.6) is 0 Å². The highest BCUT2D eigenvalue weighted by Crippen LogP contribution is 2.35. The Hall–Kier alpha value is -2.29. The summed E-state index contributed by atoms with van der Waals surface area (Å²) >= 11 is 1.41. The van der Waals surface area contributed by atoms with Crippen LogP contribution in [0.15, 0.2) is 28.0 Å². The van der Waals surface area contributed by atoms with Crippen LogP contribution in [0.2, 0.25) is 0 Å². The Labute approximate surface area is 174 Å². The predicted molar refractivity (Wildman–Crippen MR) is 109 cm³/mol. The molecule has 2 aromatic heterocycles. The van der Waals surface area contributed by atoms with Gasteiger partial charge in [-0.2, -0.15) is 0 Å². The van der Waals surface area contributed by atoms with E-state index in [0.29, 0.717) is 24.9 Å². The van der Waals surface area contributed by atoms with Crippen molar-refractivity contribution < 1.29 is 14.0 Å². The second kappa shape index (κ2) is 9.02. The van der Waals surface area contributed by atoms with Gasteiger partial charge in [-0.3, -0.25) is 14.2 Å². The van der Waals surface area contributed by atoms with Crippen LogP contribution in [0.4, 0.5) is 0 Å². The topological polar surface area (TPSA) is 107 Å². The Morgan fingerprint density at radius 2 is 2.00 bits per heavy atom. The van der Waals surface area contributed by atoms with Gasteiger partial charge in [0, 0.05) is 19.1 Å². The fourth-order valence-electron chi connectivity index (χ4n) is 4.27. The molecular formula is C20H27N5O3S. The van der Waals surface area contributed by atoms with Crippen molar-refractivity contribution in [2.45, 2.75) is 56.1 Å². The van der Waals surface area contributed by atoms with Gasteiger partial charge in [0.15, 0.2) is 10.9 Å². The van der Waals surface area contributed by atoms with Crippen LogP contribution in [0, 0.1) is 5.92 Å². The van der Waals surface area contributed by atoms with E-state index in [1.54, 1.807) is 11.2 Å². The van der Waals surface area contributed by atoms with E-state index in [4.69, 9.17) is 10.2 Å². The summed E-state index contributed by atoms with van der Waals surface area (Å²) in [5.74, 6) is 1.14. The molecule has 1 saturated carbocycles. The smallest absolute Gasteiger partial charge is 0.233 e. The standard InChI is InChI=1S/C20H27N5O3S/c21-18(27)14-6-4-10-24(12-14)17(26)13-29-20-23-22-19(16-9-5-11-28-16)25(20)15-7-2-1-3-8-15/h5,9,11,14-15H,1-4,6-8,10,12-13H2,(H2,21,27). The molecule has 0 radical (unpaired) electrons. The lowest BCUT2D eigenvalue weighted by atomic mass is 9.95. The summed E-state index contributed by atoms with van der Waals surface area (Å²) in [6.07, 6.45) is 9.00. The first-order chi connectivity index (χ1) is 14.1. The van der Waals surface area contributed by atoms with Gasteiger partial charge in [-0.05, 0) is 37.8 Å². The fourth-order valence-corrected chi connectivity index (χ4v) is 5.18. The Kier molecular flexibility index (Phi) is 6.22. The molecule has 1 aliphatic heterocycles. The SMILES string of the molecule is NC(=O)C1CCCN(C(=O)CSc2nnc(-c3ccco3)n2C2CCCCC2)C1. The number of amides is 2. The van der Waals surface area contributed by atoms with E-state index in [2.05, 4.69) is 14.8 Å². The molecule has 1 saturated heterocycles. The molecule has 0 aromatic carbocycles. The van der Waals surface area contributed by atoms with E-state index in [1.165, 1.54) is 31.0 Å². The van der Waals surface area contributed by atoms with Gasteiger partial charge in [0.1, 0.15) is 0 Å². The molecule has 1 atom stereocenters. The average molecular weight is 418 g/mol. The van der Waals surface area contributed by atoms with Gasteiger partial charge < -0.3 is 15.1 Å². The summed E-state index contributed by atoms with van der Waals surface area (Å²) in [5, 5.41) is 9.50. The van der Waals surface area contributed by atoms with Crippen molar-refractivity contribution in [3.63, 3.8) is 0 Å². The number of thioether (sulfide) groups is 1. The van der Waals surface area contributed by atoms with Crippen molar-refractivity contribution in [2.24, 2.45) is 11.7 Å². The number of aromatic nitrogens is 3. The number of piperidine rings is 1. The Morgan fingerprint density at radius 1 is 1.17 bits per heavy atom. The van der Waals surface area contributed by atoms with Gasteiger partial charge in [-0.15, -0.1) is 10.2 Å². The van der Waals surface area contributed by atoms with Crippen LogP contribution >= 0.6 is 11.8 Å². The summed E-state index contributed by atoms with van der Waals surface area (Å²) in [7, 11) is 0. The number of primary amides is 1. The summed E-state index contributed by atoms with van der Waals surface area (Å²) < 4.78 is 7.72. The number of hydrogen-bond acceptors (Lipinski definition) is 6. The number of likely N-dealkylation sites (tertiary alicyclic amines) is 1. The maximum atomic E-state index is 12.7. The number of carbonyl (C=O) groups excluding carboxylic acids is 2. The summed E-state index contributed by atoms with van der Waals surface area (Å²) in [6, 6.07) is 4.06. The van der Waals surface area contributed by atoms with Crippen LogP contribution in [0.25, 0.3) is 11.6 Å². The van der Waals surface area contributed by atoms with E-state index in [1.807, 2.05) is 12.1 Å². The molecule has 2 aliphatic rings.